The molecule has 2 amide bonds. The molecule has 0 aromatic heterocycles. The summed E-state index contributed by atoms with van der Waals surface area (Å²) in [5.74, 6) is -0.533. The van der Waals surface area contributed by atoms with E-state index in [0.29, 0.717) is 17.8 Å². The minimum absolute atomic E-state index is 0.0845. The van der Waals surface area contributed by atoms with Gasteiger partial charge in [0.2, 0.25) is 0 Å². The molecule has 1 N–H and O–H groups in total. The fraction of sp³-hybridized carbons (Fsp3) is 0.130. The molecule has 0 atom stereocenters. The topological polar surface area (TPSA) is 92.6 Å². The maximum atomic E-state index is 13.0. The van der Waals surface area contributed by atoms with Crippen molar-refractivity contribution in [2.75, 3.05) is 16.8 Å². The van der Waals surface area contributed by atoms with E-state index in [9.17, 15) is 19.7 Å². The van der Waals surface area contributed by atoms with Crippen LogP contribution in [0.15, 0.2) is 72.8 Å². The Morgan fingerprint density at radius 3 is 2.47 bits per heavy atom. The van der Waals surface area contributed by atoms with Gasteiger partial charge < -0.3 is 10.2 Å². The molecular formula is C23H19N3O4. The van der Waals surface area contributed by atoms with E-state index in [-0.39, 0.29) is 17.2 Å². The average Bonchev–Trinajstić information content (AvgIpc) is 2.78. The predicted octanol–water partition coefficient (Wildman–Crippen LogP) is 4.44. The second kappa shape index (κ2) is 8.16. The first-order chi connectivity index (χ1) is 14.5. The first kappa shape index (κ1) is 19.3. The predicted molar refractivity (Wildman–Crippen MR) is 114 cm³/mol. The number of nitrogens with one attached hydrogen (secondary N) is 1. The van der Waals surface area contributed by atoms with Crippen LogP contribution in [-0.2, 0) is 6.42 Å². The summed E-state index contributed by atoms with van der Waals surface area (Å²) in [6.45, 7) is 0.600. The van der Waals surface area contributed by atoms with Crippen molar-refractivity contribution in [1.82, 2.24) is 0 Å². The van der Waals surface area contributed by atoms with Crippen molar-refractivity contribution in [3.8, 4) is 0 Å². The van der Waals surface area contributed by atoms with Gasteiger partial charge in [0.1, 0.15) is 0 Å². The van der Waals surface area contributed by atoms with Gasteiger partial charge in [-0.15, -0.1) is 0 Å². The summed E-state index contributed by atoms with van der Waals surface area (Å²) in [5, 5.41) is 13.7. The van der Waals surface area contributed by atoms with Gasteiger partial charge in [0, 0.05) is 41.2 Å². The first-order valence-corrected chi connectivity index (χ1v) is 9.58. The van der Waals surface area contributed by atoms with Gasteiger partial charge >= 0.3 is 0 Å². The smallest absolute Gasteiger partial charge is 0.270 e. The zero-order chi connectivity index (χ0) is 21.1. The largest absolute Gasteiger partial charge is 0.322 e. The molecule has 0 spiro atoms. The minimum atomic E-state index is -0.539. The number of hydrogen-bond donors (Lipinski definition) is 1. The van der Waals surface area contributed by atoms with Crippen LogP contribution < -0.4 is 10.2 Å². The zero-order valence-electron chi connectivity index (χ0n) is 16.1. The van der Waals surface area contributed by atoms with Crippen LogP contribution in [0, 0.1) is 10.1 Å². The maximum absolute atomic E-state index is 13.0. The molecule has 7 heteroatoms. The van der Waals surface area contributed by atoms with Crippen molar-refractivity contribution in [1.29, 1.82) is 0 Å². The Morgan fingerprint density at radius 1 is 0.933 bits per heavy atom. The van der Waals surface area contributed by atoms with E-state index in [2.05, 4.69) is 5.32 Å². The Labute approximate surface area is 173 Å². The SMILES string of the molecule is O=C(Nc1ccc2c(c1)N(C(=O)c1ccccc1)CCC2)c1cccc([N+](=O)[O-])c1. The van der Waals surface area contributed by atoms with E-state index in [0.717, 1.165) is 24.1 Å². The van der Waals surface area contributed by atoms with Crippen LogP contribution in [0.25, 0.3) is 0 Å². The molecule has 0 saturated carbocycles. The second-order valence-corrected chi connectivity index (χ2v) is 7.03. The lowest BCUT2D eigenvalue weighted by Crippen LogP contribution is -2.35. The van der Waals surface area contributed by atoms with E-state index in [4.69, 9.17) is 0 Å². The summed E-state index contributed by atoms with van der Waals surface area (Å²) < 4.78 is 0. The van der Waals surface area contributed by atoms with Crippen molar-refractivity contribution in [3.63, 3.8) is 0 Å². The zero-order valence-corrected chi connectivity index (χ0v) is 16.1. The highest BCUT2D eigenvalue weighted by atomic mass is 16.6. The number of amides is 2. The lowest BCUT2D eigenvalue weighted by atomic mass is 10.00. The number of anilines is 2. The van der Waals surface area contributed by atoms with E-state index < -0.39 is 10.8 Å². The third kappa shape index (κ3) is 3.91. The third-order valence-electron chi connectivity index (χ3n) is 5.05. The van der Waals surface area contributed by atoms with Crippen LogP contribution in [0.1, 0.15) is 32.7 Å². The Hall–Kier alpha value is -4.00. The van der Waals surface area contributed by atoms with Gasteiger partial charge in [-0.25, -0.2) is 0 Å². The van der Waals surface area contributed by atoms with Gasteiger partial charge in [-0.2, -0.15) is 0 Å². The highest BCUT2D eigenvalue weighted by Gasteiger charge is 2.24. The lowest BCUT2D eigenvalue weighted by molar-refractivity contribution is -0.384. The minimum Gasteiger partial charge on any atom is -0.322 e. The molecule has 0 fully saturated rings. The fourth-order valence-corrected chi connectivity index (χ4v) is 3.56. The molecular weight excluding hydrogens is 382 g/mol. The number of nitrogens with zero attached hydrogens (tertiary/aromatic N) is 2. The van der Waals surface area contributed by atoms with Crippen LogP contribution in [-0.4, -0.2) is 23.3 Å². The molecule has 30 heavy (non-hydrogen) atoms. The van der Waals surface area contributed by atoms with Crippen LogP contribution >= 0.6 is 0 Å². The molecule has 0 aliphatic carbocycles. The number of aryl methyl sites for hydroxylation is 1. The van der Waals surface area contributed by atoms with E-state index >= 15 is 0 Å². The Morgan fingerprint density at radius 2 is 1.70 bits per heavy atom. The first-order valence-electron chi connectivity index (χ1n) is 9.58. The number of fused-ring (bicyclic) bond motifs is 1. The van der Waals surface area contributed by atoms with Crippen LogP contribution in [0.3, 0.4) is 0 Å². The summed E-state index contributed by atoms with van der Waals surface area (Å²) in [6, 6.07) is 20.1. The molecule has 150 valence electrons. The number of carbonyl (C=O) groups is 2. The van der Waals surface area contributed by atoms with Crippen molar-refractivity contribution < 1.29 is 14.5 Å². The summed E-state index contributed by atoms with van der Waals surface area (Å²) >= 11 is 0. The Kier molecular flexibility index (Phi) is 5.26. The number of nitro groups is 1. The summed E-state index contributed by atoms with van der Waals surface area (Å²) in [5.41, 5.74) is 2.99. The van der Waals surface area contributed by atoms with E-state index in [1.54, 1.807) is 29.2 Å². The lowest BCUT2D eigenvalue weighted by Gasteiger charge is -2.30. The molecule has 0 radical (unpaired) electrons. The van der Waals surface area contributed by atoms with Gasteiger partial charge in [-0.05, 0) is 48.7 Å². The fourth-order valence-electron chi connectivity index (χ4n) is 3.56. The maximum Gasteiger partial charge on any atom is 0.270 e. The number of rotatable bonds is 4. The molecule has 1 aliphatic rings. The molecule has 0 saturated heterocycles. The molecule has 4 rings (SSSR count). The average molecular weight is 401 g/mol. The van der Waals surface area contributed by atoms with Gasteiger partial charge in [0.05, 0.1) is 4.92 Å². The van der Waals surface area contributed by atoms with Crippen LogP contribution in [0.5, 0.6) is 0 Å². The van der Waals surface area contributed by atoms with Crippen molar-refractivity contribution in [2.24, 2.45) is 0 Å². The van der Waals surface area contributed by atoms with Crippen molar-refractivity contribution in [2.45, 2.75) is 12.8 Å². The van der Waals surface area contributed by atoms with Gasteiger partial charge in [-0.1, -0.05) is 30.3 Å². The van der Waals surface area contributed by atoms with Gasteiger partial charge in [0.15, 0.2) is 0 Å². The molecule has 1 heterocycles. The van der Waals surface area contributed by atoms with E-state index in [1.807, 2.05) is 24.3 Å². The van der Waals surface area contributed by atoms with Gasteiger partial charge in [-0.3, -0.25) is 19.7 Å². The summed E-state index contributed by atoms with van der Waals surface area (Å²) in [7, 11) is 0. The number of benzene rings is 3. The number of non-ortho nitro benzene ring substituents is 1. The summed E-state index contributed by atoms with van der Waals surface area (Å²) in [4.78, 5) is 37.7. The molecule has 1 aliphatic heterocycles. The second-order valence-electron chi connectivity index (χ2n) is 7.03. The number of hydrogen-bond acceptors (Lipinski definition) is 4. The van der Waals surface area contributed by atoms with Crippen molar-refractivity contribution >= 4 is 28.9 Å². The number of carbonyl (C=O) groups excluding carboxylic acids is 2. The molecule has 7 nitrogen and oxygen atoms in total. The molecule has 0 unspecified atom stereocenters. The summed E-state index contributed by atoms with van der Waals surface area (Å²) in [6.07, 6.45) is 1.72. The Balaban J connectivity index is 1.60. The normalized spacial score (nSPS) is 12.7. The quantitative estimate of drug-likeness (QED) is 0.517. The molecule has 3 aromatic carbocycles. The highest BCUT2D eigenvalue weighted by Crippen LogP contribution is 2.31. The molecule has 0 bridgehead atoms. The standard InChI is InChI=1S/C23H19N3O4/c27-22(18-8-4-10-20(14-18)26(29)30)24-19-12-11-16-9-5-13-25(21(16)15-19)23(28)17-6-2-1-3-7-17/h1-4,6-8,10-12,14-15H,5,9,13H2,(H,24,27). The third-order valence-corrected chi connectivity index (χ3v) is 5.05. The van der Waals surface area contributed by atoms with E-state index in [1.165, 1.54) is 24.3 Å². The van der Waals surface area contributed by atoms with Crippen LogP contribution in [0.4, 0.5) is 17.1 Å². The van der Waals surface area contributed by atoms with Crippen LogP contribution in [0.2, 0.25) is 0 Å². The molecule has 3 aromatic rings. The monoisotopic (exact) mass is 401 g/mol. The number of nitro benzene ring substituents is 1. The van der Waals surface area contributed by atoms with Crippen molar-refractivity contribution in [3.05, 3.63) is 99.6 Å². The Bertz CT molecular complexity index is 1130. The highest BCUT2D eigenvalue weighted by molar-refractivity contribution is 6.08. The van der Waals surface area contributed by atoms with Gasteiger partial charge in [0.25, 0.3) is 17.5 Å².